The van der Waals surface area contributed by atoms with Gasteiger partial charge in [-0.15, -0.1) is 0 Å². The zero-order valence-corrected chi connectivity index (χ0v) is 32.5. The quantitative estimate of drug-likeness (QED) is 0.236. The Kier molecular flexibility index (Phi) is 10.9. The Morgan fingerprint density at radius 2 is 1.82 bits per heavy atom. The Morgan fingerprint density at radius 3 is 2.56 bits per heavy atom. The molecule has 0 spiro atoms. The van der Waals surface area contributed by atoms with Crippen molar-refractivity contribution in [3.05, 3.63) is 60.6 Å². The highest BCUT2D eigenvalue weighted by Gasteiger charge is 2.61. The number of aromatic nitrogens is 4. The number of ether oxygens (including phenoxy) is 2. The smallest absolute Gasteiger partial charge is 0.318 e. The molecule has 14 nitrogen and oxygen atoms in total. The van der Waals surface area contributed by atoms with E-state index in [0.717, 1.165) is 24.8 Å². The zero-order chi connectivity index (χ0) is 39.0. The van der Waals surface area contributed by atoms with E-state index >= 15 is 0 Å². The number of nitrogens with zero attached hydrogens (tertiary/aromatic N) is 5. The SMILES string of the molecule is CC(C)(C)OC(=O)C[C@H]1CCCCC/C=C\[C@H]2C[C@@]2(C(=O)NS(=O)(=O)C2CC2)CC(=O)[C@@H]2C[C@@H](Oc3ncc4ncn(Cc5ccccc5)c4n3)CN2C1=O. The number of fused-ring (bicyclic) bond motifs is 3. The van der Waals surface area contributed by atoms with Gasteiger partial charge in [0.25, 0.3) is 0 Å². The van der Waals surface area contributed by atoms with Gasteiger partial charge in [-0.05, 0) is 70.8 Å². The van der Waals surface area contributed by atoms with E-state index < -0.39 is 56.2 Å². The first-order valence-corrected chi connectivity index (χ1v) is 20.9. The van der Waals surface area contributed by atoms with Crippen LogP contribution in [0.1, 0.15) is 97.0 Å². The van der Waals surface area contributed by atoms with Crippen LogP contribution in [0.5, 0.6) is 6.01 Å². The monoisotopic (exact) mass is 774 g/mol. The van der Waals surface area contributed by atoms with Crippen molar-refractivity contribution in [2.75, 3.05) is 6.54 Å². The summed E-state index contributed by atoms with van der Waals surface area (Å²) in [4.78, 5) is 70.9. The average molecular weight is 775 g/mol. The van der Waals surface area contributed by atoms with E-state index in [9.17, 15) is 27.6 Å². The minimum atomic E-state index is -3.85. The molecule has 2 amide bonds. The second-order valence-corrected chi connectivity index (χ2v) is 18.5. The van der Waals surface area contributed by atoms with Gasteiger partial charge in [0.05, 0.1) is 48.7 Å². The molecule has 1 aromatic carbocycles. The van der Waals surface area contributed by atoms with Crippen LogP contribution < -0.4 is 9.46 Å². The van der Waals surface area contributed by atoms with Crippen LogP contribution >= 0.6 is 0 Å². The predicted octanol–water partition coefficient (Wildman–Crippen LogP) is 4.67. The molecule has 4 heterocycles. The molecule has 5 atom stereocenters. The lowest BCUT2D eigenvalue weighted by Gasteiger charge is -2.29. The minimum Gasteiger partial charge on any atom is -0.460 e. The molecular weight excluding hydrogens is 725 g/mol. The summed E-state index contributed by atoms with van der Waals surface area (Å²) in [6.45, 7) is 5.88. The van der Waals surface area contributed by atoms with Crippen molar-refractivity contribution < 1.29 is 37.1 Å². The van der Waals surface area contributed by atoms with Crippen LogP contribution in [-0.2, 0) is 40.5 Å². The average Bonchev–Trinajstić information content (AvgIpc) is 4.02. The molecular formula is C40H50N6O8S. The van der Waals surface area contributed by atoms with Crippen molar-refractivity contribution in [2.45, 2.75) is 121 Å². The maximum absolute atomic E-state index is 14.5. The number of allylic oxidation sites excluding steroid dienone is 2. The van der Waals surface area contributed by atoms with Gasteiger partial charge >= 0.3 is 12.0 Å². The molecule has 55 heavy (non-hydrogen) atoms. The minimum absolute atomic E-state index is 0.0311. The number of carbonyl (C=O) groups excluding carboxylic acids is 4. The lowest BCUT2D eigenvalue weighted by Crippen LogP contribution is -2.46. The maximum Gasteiger partial charge on any atom is 0.318 e. The Labute approximate surface area is 321 Å². The number of esters is 1. The van der Waals surface area contributed by atoms with Crippen molar-refractivity contribution >= 4 is 44.8 Å². The van der Waals surface area contributed by atoms with Crippen LogP contribution in [0.25, 0.3) is 11.2 Å². The Balaban J connectivity index is 1.16. The number of amides is 2. The number of carbonyl (C=O) groups is 4. The molecule has 7 rings (SSSR count). The van der Waals surface area contributed by atoms with Gasteiger partial charge in [0.15, 0.2) is 11.4 Å². The fourth-order valence-corrected chi connectivity index (χ4v) is 9.23. The highest BCUT2D eigenvalue weighted by atomic mass is 32.2. The van der Waals surface area contributed by atoms with Gasteiger partial charge in [-0.25, -0.2) is 18.4 Å². The molecule has 1 saturated heterocycles. The van der Waals surface area contributed by atoms with Crippen molar-refractivity contribution in [3.63, 3.8) is 0 Å². The first kappa shape index (κ1) is 38.6. The number of Topliss-reactive ketones (excluding diaryl/α,β-unsaturated/α-hetero) is 1. The third kappa shape index (κ3) is 9.08. The molecule has 4 aliphatic rings. The normalized spacial score (nSPS) is 27.0. The molecule has 1 N–H and O–H groups in total. The predicted molar refractivity (Wildman–Crippen MR) is 202 cm³/mol. The van der Waals surface area contributed by atoms with Gasteiger partial charge in [0, 0.05) is 18.8 Å². The molecule has 0 bridgehead atoms. The number of hydrogen-bond donors (Lipinski definition) is 1. The van der Waals surface area contributed by atoms with Crippen molar-refractivity contribution in [3.8, 4) is 6.01 Å². The second-order valence-electron chi connectivity index (χ2n) is 16.5. The van der Waals surface area contributed by atoms with Crippen LogP contribution in [0, 0.1) is 17.3 Å². The number of nitrogens with one attached hydrogen (secondary N) is 1. The number of imidazole rings is 1. The summed E-state index contributed by atoms with van der Waals surface area (Å²) in [5.41, 5.74) is 0.222. The third-order valence-corrected chi connectivity index (χ3v) is 12.8. The molecule has 15 heteroatoms. The summed E-state index contributed by atoms with van der Waals surface area (Å²) >= 11 is 0. The number of ketones is 1. The molecule has 2 saturated carbocycles. The molecule has 2 aliphatic carbocycles. The molecule has 2 aliphatic heterocycles. The zero-order valence-electron chi connectivity index (χ0n) is 31.7. The molecule has 3 aromatic rings. The summed E-state index contributed by atoms with van der Waals surface area (Å²) in [7, 11) is -3.85. The lowest BCUT2D eigenvalue weighted by molar-refractivity contribution is -0.159. The summed E-state index contributed by atoms with van der Waals surface area (Å²) in [5.74, 6) is -2.94. The van der Waals surface area contributed by atoms with E-state index in [1.54, 1.807) is 33.3 Å². The second kappa shape index (κ2) is 15.5. The Bertz CT molecular complexity index is 2070. The summed E-state index contributed by atoms with van der Waals surface area (Å²) in [6, 6.07) is 8.96. The first-order chi connectivity index (χ1) is 26.2. The third-order valence-electron chi connectivity index (χ3n) is 11.0. The van der Waals surface area contributed by atoms with E-state index in [-0.39, 0.29) is 49.4 Å². The standard InChI is InChI=1S/C40H50N6O8S/c1-39(2,3)54-34(48)18-27-14-10-5-4-6-11-15-28-20-40(28,37(50)44-55(51,52)30-16-17-30)21-33(47)32-19-29(24-46(32)36(27)49)53-38-41-22-31-35(43-38)45(25-42-31)23-26-12-8-7-9-13-26/h7-9,11-13,15,22,25,27-30,32H,4-6,10,14,16-21,23-24H2,1-3H3,(H,44,50)/b15-11-/t27-,28+,29-,32+,40-/m1/s1. The summed E-state index contributed by atoms with van der Waals surface area (Å²) in [6.07, 6.45) is 11.1. The van der Waals surface area contributed by atoms with Gasteiger partial charge in [0.1, 0.15) is 17.2 Å². The van der Waals surface area contributed by atoms with E-state index in [2.05, 4.69) is 19.7 Å². The van der Waals surface area contributed by atoms with Crippen molar-refractivity contribution in [2.24, 2.45) is 17.3 Å². The van der Waals surface area contributed by atoms with E-state index in [1.807, 2.05) is 47.1 Å². The van der Waals surface area contributed by atoms with Crippen molar-refractivity contribution in [1.29, 1.82) is 0 Å². The fraction of sp³-hybridized carbons (Fsp3) is 0.575. The number of sulfonamides is 1. The van der Waals surface area contributed by atoms with Gasteiger partial charge in [0.2, 0.25) is 21.8 Å². The highest BCUT2D eigenvalue weighted by Crippen LogP contribution is 2.57. The molecule has 294 valence electrons. The molecule has 0 radical (unpaired) electrons. The largest absolute Gasteiger partial charge is 0.460 e. The number of rotatable bonds is 9. The van der Waals surface area contributed by atoms with Gasteiger partial charge in [-0.3, -0.25) is 23.9 Å². The molecule has 0 unspecified atom stereocenters. The first-order valence-electron chi connectivity index (χ1n) is 19.4. The van der Waals surface area contributed by atoms with Crippen LogP contribution in [0.4, 0.5) is 0 Å². The van der Waals surface area contributed by atoms with Crippen LogP contribution in [0.3, 0.4) is 0 Å². The maximum atomic E-state index is 14.5. The van der Waals surface area contributed by atoms with E-state index in [0.29, 0.717) is 49.8 Å². The van der Waals surface area contributed by atoms with Crippen molar-refractivity contribution in [1.82, 2.24) is 29.1 Å². The van der Waals surface area contributed by atoms with Crippen LogP contribution in [0.2, 0.25) is 0 Å². The Morgan fingerprint density at radius 1 is 1.04 bits per heavy atom. The van der Waals surface area contributed by atoms with E-state index in [4.69, 9.17) is 9.47 Å². The topological polar surface area (TPSA) is 180 Å². The number of benzene rings is 1. The fourth-order valence-electron chi connectivity index (χ4n) is 7.85. The van der Waals surface area contributed by atoms with Gasteiger partial charge in [-0.2, -0.15) is 4.98 Å². The van der Waals surface area contributed by atoms with Gasteiger partial charge in [-0.1, -0.05) is 55.3 Å². The summed E-state index contributed by atoms with van der Waals surface area (Å²) < 4.78 is 41.8. The molecule has 2 aromatic heterocycles. The number of hydrogen-bond acceptors (Lipinski definition) is 11. The highest BCUT2D eigenvalue weighted by molar-refractivity contribution is 7.90. The lowest BCUT2D eigenvalue weighted by atomic mass is 9.90. The van der Waals surface area contributed by atoms with Gasteiger partial charge < -0.3 is 18.9 Å². The molecule has 3 fully saturated rings. The van der Waals surface area contributed by atoms with Crippen LogP contribution in [-0.4, -0.2) is 85.9 Å². The Hall–Kier alpha value is -4.66. The summed E-state index contributed by atoms with van der Waals surface area (Å²) in [5, 5.41) is -0.597. The van der Waals surface area contributed by atoms with E-state index in [1.165, 1.54) is 4.90 Å². The van der Waals surface area contributed by atoms with Crippen LogP contribution in [0.15, 0.2) is 55.0 Å².